The number of ether oxygens (including phenoxy) is 1. The summed E-state index contributed by atoms with van der Waals surface area (Å²) in [6.07, 6.45) is 5.22. The van der Waals surface area contributed by atoms with E-state index in [0.717, 1.165) is 31.5 Å². The third kappa shape index (κ3) is 4.47. The van der Waals surface area contributed by atoms with Crippen molar-refractivity contribution in [2.24, 2.45) is 0 Å². The van der Waals surface area contributed by atoms with E-state index in [-0.39, 0.29) is 12.1 Å². The van der Waals surface area contributed by atoms with Gasteiger partial charge in [-0.3, -0.25) is 0 Å². The van der Waals surface area contributed by atoms with Crippen LogP contribution in [-0.4, -0.2) is 49.4 Å². The number of rotatable bonds is 4. The van der Waals surface area contributed by atoms with E-state index < -0.39 is 0 Å². The molecule has 0 saturated heterocycles. The van der Waals surface area contributed by atoms with Crippen molar-refractivity contribution >= 4 is 17.9 Å². The molecule has 0 atom stereocenters. The highest BCUT2D eigenvalue weighted by atomic mass is 16.5. The Morgan fingerprint density at radius 1 is 1.29 bits per heavy atom. The molecule has 2 N–H and O–H groups in total. The minimum atomic E-state index is -0.353. The van der Waals surface area contributed by atoms with Gasteiger partial charge < -0.3 is 20.3 Å². The second-order valence-electron chi connectivity index (χ2n) is 5.46. The molecule has 0 radical (unpaired) electrons. The van der Waals surface area contributed by atoms with Crippen molar-refractivity contribution in [3.8, 4) is 0 Å². The SMILES string of the molecule is COC(=O)NC1CCC(Nc2nccc(N(C)C)n2)CC1. The lowest BCUT2D eigenvalue weighted by Gasteiger charge is -2.29. The lowest BCUT2D eigenvalue weighted by molar-refractivity contribution is 0.162. The molecule has 7 heteroatoms. The molecule has 0 aliphatic heterocycles. The van der Waals surface area contributed by atoms with Crippen molar-refractivity contribution in [3.63, 3.8) is 0 Å². The first-order chi connectivity index (χ1) is 10.1. The second-order valence-corrected chi connectivity index (χ2v) is 5.46. The molecule has 1 saturated carbocycles. The van der Waals surface area contributed by atoms with E-state index >= 15 is 0 Å². The third-order valence-corrected chi connectivity index (χ3v) is 3.67. The highest BCUT2D eigenvalue weighted by Gasteiger charge is 2.23. The maximum Gasteiger partial charge on any atom is 0.407 e. The van der Waals surface area contributed by atoms with Gasteiger partial charge in [-0.15, -0.1) is 0 Å². The van der Waals surface area contributed by atoms with Crippen LogP contribution in [0, 0.1) is 0 Å². The number of methoxy groups -OCH3 is 1. The van der Waals surface area contributed by atoms with E-state index in [0.29, 0.717) is 12.0 Å². The summed E-state index contributed by atoms with van der Waals surface area (Å²) in [7, 11) is 5.29. The van der Waals surface area contributed by atoms with Crippen molar-refractivity contribution in [2.45, 2.75) is 37.8 Å². The highest BCUT2D eigenvalue weighted by Crippen LogP contribution is 2.21. The monoisotopic (exact) mass is 293 g/mol. The Bertz CT molecular complexity index is 472. The Balaban J connectivity index is 1.83. The number of hydrogen-bond acceptors (Lipinski definition) is 6. The van der Waals surface area contributed by atoms with Gasteiger partial charge in [-0.2, -0.15) is 4.98 Å². The molecule has 1 aliphatic carbocycles. The van der Waals surface area contributed by atoms with E-state index in [1.165, 1.54) is 7.11 Å². The van der Waals surface area contributed by atoms with E-state index in [2.05, 4.69) is 25.3 Å². The maximum atomic E-state index is 11.2. The number of hydrogen-bond donors (Lipinski definition) is 2. The minimum Gasteiger partial charge on any atom is -0.453 e. The fourth-order valence-corrected chi connectivity index (χ4v) is 2.46. The zero-order valence-electron chi connectivity index (χ0n) is 12.8. The Kier molecular flexibility index (Phi) is 5.19. The zero-order valence-corrected chi connectivity index (χ0v) is 12.8. The molecule has 0 aromatic carbocycles. The quantitative estimate of drug-likeness (QED) is 0.878. The van der Waals surface area contributed by atoms with Crippen LogP contribution in [0.1, 0.15) is 25.7 Å². The van der Waals surface area contributed by atoms with E-state index in [9.17, 15) is 4.79 Å². The van der Waals surface area contributed by atoms with Crippen molar-refractivity contribution in [3.05, 3.63) is 12.3 Å². The lowest BCUT2D eigenvalue weighted by atomic mass is 9.91. The van der Waals surface area contributed by atoms with Crippen LogP contribution in [0.2, 0.25) is 0 Å². The number of amides is 1. The summed E-state index contributed by atoms with van der Waals surface area (Å²) < 4.78 is 4.62. The maximum absolute atomic E-state index is 11.2. The van der Waals surface area contributed by atoms with Crippen LogP contribution >= 0.6 is 0 Å². The van der Waals surface area contributed by atoms with Crippen LogP contribution in [0.3, 0.4) is 0 Å². The predicted octanol–water partition coefficient (Wildman–Crippen LogP) is 1.62. The molecular weight excluding hydrogens is 270 g/mol. The number of anilines is 2. The van der Waals surface area contributed by atoms with Crippen molar-refractivity contribution < 1.29 is 9.53 Å². The molecule has 0 bridgehead atoms. The summed E-state index contributed by atoms with van der Waals surface area (Å²) in [5.74, 6) is 1.54. The smallest absolute Gasteiger partial charge is 0.407 e. The lowest BCUT2D eigenvalue weighted by Crippen LogP contribution is -2.40. The van der Waals surface area contributed by atoms with Gasteiger partial charge in [0, 0.05) is 32.4 Å². The van der Waals surface area contributed by atoms with Crippen LogP contribution < -0.4 is 15.5 Å². The van der Waals surface area contributed by atoms with Gasteiger partial charge in [-0.05, 0) is 31.7 Å². The summed E-state index contributed by atoms with van der Waals surface area (Å²) >= 11 is 0. The molecule has 116 valence electrons. The van der Waals surface area contributed by atoms with Crippen LogP contribution in [-0.2, 0) is 4.74 Å². The molecule has 2 rings (SSSR count). The summed E-state index contributed by atoms with van der Waals surface area (Å²) in [6, 6.07) is 2.42. The first kappa shape index (κ1) is 15.3. The number of nitrogens with zero attached hydrogens (tertiary/aromatic N) is 3. The summed E-state index contributed by atoms with van der Waals surface area (Å²) in [6.45, 7) is 0. The molecule has 0 spiro atoms. The first-order valence-corrected chi connectivity index (χ1v) is 7.20. The Morgan fingerprint density at radius 3 is 2.57 bits per heavy atom. The van der Waals surface area contributed by atoms with Gasteiger partial charge in [0.15, 0.2) is 0 Å². The molecule has 1 heterocycles. The average molecular weight is 293 g/mol. The Labute approximate surface area is 125 Å². The van der Waals surface area contributed by atoms with Crippen LogP contribution in [0.5, 0.6) is 0 Å². The third-order valence-electron chi connectivity index (χ3n) is 3.67. The molecule has 1 aromatic rings. The molecule has 1 amide bonds. The first-order valence-electron chi connectivity index (χ1n) is 7.20. The zero-order chi connectivity index (χ0) is 15.2. The Morgan fingerprint density at radius 2 is 1.95 bits per heavy atom. The molecule has 0 unspecified atom stereocenters. The second kappa shape index (κ2) is 7.10. The topological polar surface area (TPSA) is 79.4 Å². The summed E-state index contributed by atoms with van der Waals surface area (Å²) in [5.41, 5.74) is 0. The Hall–Kier alpha value is -2.05. The van der Waals surface area contributed by atoms with Gasteiger partial charge in [0.2, 0.25) is 5.95 Å². The van der Waals surface area contributed by atoms with Crippen molar-refractivity contribution in [1.29, 1.82) is 0 Å². The predicted molar refractivity (Wildman–Crippen MR) is 81.6 cm³/mol. The molecule has 7 nitrogen and oxygen atoms in total. The van der Waals surface area contributed by atoms with Gasteiger partial charge in [0.05, 0.1) is 7.11 Å². The van der Waals surface area contributed by atoms with Gasteiger partial charge in [0.1, 0.15) is 5.82 Å². The molecule has 1 aromatic heterocycles. The van der Waals surface area contributed by atoms with E-state index in [1.807, 2.05) is 25.1 Å². The number of carbonyl (C=O) groups is 1. The average Bonchev–Trinajstić information content (AvgIpc) is 2.49. The van der Waals surface area contributed by atoms with Crippen LogP contribution in [0.25, 0.3) is 0 Å². The number of aromatic nitrogens is 2. The molecular formula is C14H23N5O2. The van der Waals surface area contributed by atoms with Gasteiger partial charge in [0.25, 0.3) is 0 Å². The standard InChI is InChI=1S/C14H23N5O2/c1-19(2)12-8-9-15-13(18-12)16-10-4-6-11(7-5-10)17-14(20)21-3/h8-11H,4-7H2,1-3H3,(H,17,20)(H,15,16,18). The highest BCUT2D eigenvalue weighted by molar-refractivity contribution is 5.67. The number of alkyl carbamates (subject to hydrolysis) is 1. The van der Waals surface area contributed by atoms with Gasteiger partial charge in [-0.1, -0.05) is 0 Å². The van der Waals surface area contributed by atoms with Gasteiger partial charge >= 0.3 is 6.09 Å². The van der Waals surface area contributed by atoms with Gasteiger partial charge in [-0.25, -0.2) is 9.78 Å². The van der Waals surface area contributed by atoms with Crippen molar-refractivity contribution in [1.82, 2.24) is 15.3 Å². The molecule has 21 heavy (non-hydrogen) atoms. The largest absolute Gasteiger partial charge is 0.453 e. The number of nitrogens with one attached hydrogen (secondary N) is 2. The van der Waals surface area contributed by atoms with E-state index in [1.54, 1.807) is 6.20 Å². The van der Waals surface area contributed by atoms with Crippen molar-refractivity contribution in [2.75, 3.05) is 31.4 Å². The fourth-order valence-electron chi connectivity index (χ4n) is 2.46. The van der Waals surface area contributed by atoms with E-state index in [4.69, 9.17) is 0 Å². The molecule has 1 fully saturated rings. The van der Waals surface area contributed by atoms with Crippen LogP contribution in [0.4, 0.5) is 16.6 Å². The summed E-state index contributed by atoms with van der Waals surface area (Å²) in [5, 5.41) is 6.22. The normalized spacial score (nSPS) is 21.5. The summed E-state index contributed by atoms with van der Waals surface area (Å²) in [4.78, 5) is 21.8. The fraction of sp³-hybridized carbons (Fsp3) is 0.643. The minimum absolute atomic E-state index is 0.199. The number of carbonyl (C=O) groups excluding carboxylic acids is 1. The van der Waals surface area contributed by atoms with Crippen LogP contribution in [0.15, 0.2) is 12.3 Å². The molecule has 1 aliphatic rings.